The summed E-state index contributed by atoms with van der Waals surface area (Å²) in [4.78, 5) is 10.6. The van der Waals surface area contributed by atoms with Crippen molar-refractivity contribution in [3.63, 3.8) is 0 Å². The number of aliphatic carboxylic acids is 1. The van der Waals surface area contributed by atoms with E-state index in [0.717, 1.165) is 16.7 Å². The number of rotatable bonds is 3. The average Bonchev–Trinajstić information content (AvgIpc) is 2.22. The second kappa shape index (κ2) is 4.77. The first-order valence-corrected chi connectivity index (χ1v) is 4.94. The van der Waals surface area contributed by atoms with E-state index >= 15 is 0 Å². The highest BCUT2D eigenvalue weighted by Gasteiger charge is 2.13. The van der Waals surface area contributed by atoms with Crippen LogP contribution in [0.2, 0.25) is 0 Å². The number of hydrogen-bond acceptors (Lipinski definition) is 3. The van der Waals surface area contributed by atoms with Crippen molar-refractivity contribution >= 4 is 5.97 Å². The number of carboxylic acids is 1. The molecule has 0 fully saturated rings. The van der Waals surface area contributed by atoms with Crippen LogP contribution in [0.1, 0.15) is 22.3 Å². The van der Waals surface area contributed by atoms with Gasteiger partial charge in [-0.1, -0.05) is 6.07 Å². The van der Waals surface area contributed by atoms with Gasteiger partial charge in [-0.3, -0.25) is 4.79 Å². The molecule has 0 amide bonds. The molecule has 0 aliphatic heterocycles. The van der Waals surface area contributed by atoms with Crippen molar-refractivity contribution in [3.05, 3.63) is 34.4 Å². The Labute approximate surface area is 94.3 Å². The van der Waals surface area contributed by atoms with E-state index in [1.54, 1.807) is 6.07 Å². The van der Waals surface area contributed by atoms with Gasteiger partial charge >= 0.3 is 5.97 Å². The lowest BCUT2D eigenvalue weighted by Gasteiger charge is -2.10. The molecule has 0 saturated carbocycles. The molecule has 1 atom stereocenters. The van der Waals surface area contributed by atoms with Gasteiger partial charge in [-0.2, -0.15) is 5.26 Å². The molecular weight excluding hydrogens is 204 g/mol. The standard InChI is InChI=1S/C12H14N2O2/c1-7-3-9(5-11(14)12(15)16)4-10(6-13)8(7)2/h3-4,11H,5,14H2,1-2H3,(H,15,16). The van der Waals surface area contributed by atoms with Crippen molar-refractivity contribution in [2.24, 2.45) is 5.73 Å². The van der Waals surface area contributed by atoms with Gasteiger partial charge < -0.3 is 10.8 Å². The zero-order chi connectivity index (χ0) is 12.3. The molecule has 0 bridgehead atoms. The van der Waals surface area contributed by atoms with Crippen molar-refractivity contribution in [3.8, 4) is 6.07 Å². The Hall–Kier alpha value is -1.86. The van der Waals surface area contributed by atoms with Gasteiger partial charge in [0.05, 0.1) is 11.6 Å². The quantitative estimate of drug-likeness (QED) is 0.796. The third-order valence-electron chi connectivity index (χ3n) is 2.62. The van der Waals surface area contributed by atoms with E-state index in [4.69, 9.17) is 16.1 Å². The molecule has 1 aromatic carbocycles. The Kier molecular flexibility index (Phi) is 3.64. The molecule has 4 heteroatoms. The van der Waals surface area contributed by atoms with Crippen LogP contribution in [0.3, 0.4) is 0 Å². The van der Waals surface area contributed by atoms with Gasteiger partial charge in [0.25, 0.3) is 0 Å². The molecule has 4 nitrogen and oxygen atoms in total. The van der Waals surface area contributed by atoms with Crippen molar-refractivity contribution in [1.29, 1.82) is 5.26 Å². The van der Waals surface area contributed by atoms with Crippen molar-refractivity contribution in [1.82, 2.24) is 0 Å². The van der Waals surface area contributed by atoms with E-state index in [1.165, 1.54) is 0 Å². The smallest absolute Gasteiger partial charge is 0.320 e. The third kappa shape index (κ3) is 2.59. The third-order valence-corrected chi connectivity index (χ3v) is 2.62. The highest BCUT2D eigenvalue weighted by atomic mass is 16.4. The van der Waals surface area contributed by atoms with Crippen LogP contribution in [0.5, 0.6) is 0 Å². The predicted molar refractivity (Wildman–Crippen MR) is 59.9 cm³/mol. The maximum atomic E-state index is 10.6. The first-order chi connectivity index (χ1) is 7.45. The van der Waals surface area contributed by atoms with Crippen LogP contribution in [0.15, 0.2) is 12.1 Å². The van der Waals surface area contributed by atoms with Gasteiger partial charge in [0.2, 0.25) is 0 Å². The van der Waals surface area contributed by atoms with Crippen molar-refractivity contribution in [2.75, 3.05) is 0 Å². The minimum atomic E-state index is -1.03. The van der Waals surface area contributed by atoms with E-state index < -0.39 is 12.0 Å². The second-order valence-corrected chi connectivity index (χ2v) is 3.85. The summed E-state index contributed by atoms with van der Waals surface area (Å²) < 4.78 is 0. The molecule has 0 saturated heterocycles. The molecule has 3 N–H and O–H groups in total. The van der Waals surface area contributed by atoms with E-state index in [-0.39, 0.29) is 6.42 Å². The van der Waals surface area contributed by atoms with Crippen LogP contribution >= 0.6 is 0 Å². The molecule has 16 heavy (non-hydrogen) atoms. The minimum absolute atomic E-state index is 0.241. The van der Waals surface area contributed by atoms with Crippen LogP contribution in [0.25, 0.3) is 0 Å². The maximum absolute atomic E-state index is 10.6. The maximum Gasteiger partial charge on any atom is 0.320 e. The number of aryl methyl sites for hydroxylation is 1. The largest absolute Gasteiger partial charge is 0.480 e. The highest BCUT2D eigenvalue weighted by molar-refractivity contribution is 5.73. The molecule has 0 aromatic heterocycles. The lowest BCUT2D eigenvalue weighted by atomic mass is 9.97. The average molecular weight is 218 g/mol. The normalized spacial score (nSPS) is 11.9. The molecular formula is C12H14N2O2. The van der Waals surface area contributed by atoms with E-state index in [2.05, 4.69) is 6.07 Å². The fraction of sp³-hybridized carbons (Fsp3) is 0.333. The number of benzene rings is 1. The molecule has 1 aromatic rings. The molecule has 0 aliphatic carbocycles. The van der Waals surface area contributed by atoms with Gasteiger partial charge in [-0.15, -0.1) is 0 Å². The molecule has 84 valence electrons. The van der Waals surface area contributed by atoms with Gasteiger partial charge in [-0.25, -0.2) is 0 Å². The summed E-state index contributed by atoms with van der Waals surface area (Å²) in [5, 5.41) is 17.6. The van der Waals surface area contributed by atoms with Crippen LogP contribution in [-0.4, -0.2) is 17.1 Å². The van der Waals surface area contributed by atoms with Crippen molar-refractivity contribution in [2.45, 2.75) is 26.3 Å². The molecule has 0 aliphatic rings. The zero-order valence-corrected chi connectivity index (χ0v) is 9.32. The van der Waals surface area contributed by atoms with E-state index in [1.807, 2.05) is 19.9 Å². The van der Waals surface area contributed by atoms with Gasteiger partial charge in [0.1, 0.15) is 6.04 Å². The summed E-state index contributed by atoms with van der Waals surface area (Å²) in [6, 6.07) is 4.74. The monoisotopic (exact) mass is 218 g/mol. The fourth-order valence-corrected chi connectivity index (χ4v) is 1.51. The molecule has 1 rings (SSSR count). The fourth-order valence-electron chi connectivity index (χ4n) is 1.51. The summed E-state index contributed by atoms with van der Waals surface area (Å²) in [5.74, 6) is -1.03. The second-order valence-electron chi connectivity index (χ2n) is 3.85. The number of nitrogens with zero attached hydrogens (tertiary/aromatic N) is 1. The molecule has 1 unspecified atom stereocenters. The van der Waals surface area contributed by atoms with Crippen LogP contribution in [0.4, 0.5) is 0 Å². The van der Waals surface area contributed by atoms with E-state index in [0.29, 0.717) is 5.56 Å². The van der Waals surface area contributed by atoms with Crippen LogP contribution in [-0.2, 0) is 11.2 Å². The number of carbonyl (C=O) groups is 1. The number of nitriles is 1. The first kappa shape index (κ1) is 12.2. The predicted octanol–water partition coefficient (Wildman–Crippen LogP) is 1.13. The topological polar surface area (TPSA) is 87.1 Å². The van der Waals surface area contributed by atoms with Gasteiger partial charge in [0.15, 0.2) is 0 Å². The minimum Gasteiger partial charge on any atom is -0.480 e. The first-order valence-electron chi connectivity index (χ1n) is 4.94. The van der Waals surface area contributed by atoms with Crippen molar-refractivity contribution < 1.29 is 9.90 Å². The van der Waals surface area contributed by atoms with E-state index in [9.17, 15) is 4.79 Å². The number of carboxylic acid groups (broad SMARTS) is 1. The lowest BCUT2D eigenvalue weighted by Crippen LogP contribution is -2.32. The summed E-state index contributed by atoms with van der Waals surface area (Å²) in [5.41, 5.74) is 8.71. The Morgan fingerprint density at radius 3 is 2.69 bits per heavy atom. The zero-order valence-electron chi connectivity index (χ0n) is 9.32. The van der Waals surface area contributed by atoms with Crippen LogP contribution < -0.4 is 5.73 Å². The molecule has 0 radical (unpaired) electrons. The highest BCUT2D eigenvalue weighted by Crippen LogP contribution is 2.16. The number of hydrogen-bond donors (Lipinski definition) is 2. The Morgan fingerprint density at radius 2 is 2.19 bits per heavy atom. The summed E-state index contributed by atoms with van der Waals surface area (Å²) in [6.45, 7) is 3.76. The Morgan fingerprint density at radius 1 is 1.56 bits per heavy atom. The molecule has 0 heterocycles. The Balaban J connectivity index is 3.04. The molecule has 0 spiro atoms. The van der Waals surface area contributed by atoms with Gasteiger partial charge in [-0.05, 0) is 43.0 Å². The lowest BCUT2D eigenvalue weighted by molar-refractivity contribution is -0.138. The SMILES string of the molecule is Cc1cc(CC(N)C(=O)O)cc(C#N)c1C. The number of nitrogens with two attached hydrogens (primary N) is 1. The van der Waals surface area contributed by atoms with Crippen LogP contribution in [0, 0.1) is 25.2 Å². The summed E-state index contributed by atoms with van der Waals surface area (Å²) in [6.07, 6.45) is 0.241. The summed E-state index contributed by atoms with van der Waals surface area (Å²) in [7, 11) is 0. The summed E-state index contributed by atoms with van der Waals surface area (Å²) >= 11 is 0. The van der Waals surface area contributed by atoms with Gasteiger partial charge in [0, 0.05) is 0 Å². The Bertz CT molecular complexity index is 461.